The Kier molecular flexibility index (Phi) is 8.22. The van der Waals surface area contributed by atoms with Gasteiger partial charge in [0.25, 0.3) is 15.9 Å². The van der Waals surface area contributed by atoms with Gasteiger partial charge in [-0.2, -0.15) is 4.31 Å². The third kappa shape index (κ3) is 5.95. The lowest BCUT2D eigenvalue weighted by Crippen LogP contribution is -2.30. The molecule has 0 atom stereocenters. The SMILES string of the molecule is CCN(CC)S(=O)(=O)c1ccc(NC(=O)c2ccc(C)c(S(=O)(=O)Nc3ccc(C)c(C)c3)c2)cc1. The Bertz CT molecular complexity index is 1480. The molecule has 3 aromatic rings. The average Bonchev–Trinajstić information content (AvgIpc) is 2.82. The smallest absolute Gasteiger partial charge is 0.262 e. The van der Waals surface area contributed by atoms with Crippen LogP contribution in [-0.2, 0) is 20.0 Å². The van der Waals surface area contributed by atoms with Gasteiger partial charge < -0.3 is 5.32 Å². The molecule has 0 aromatic heterocycles. The summed E-state index contributed by atoms with van der Waals surface area (Å²) in [5, 5.41) is 2.69. The van der Waals surface area contributed by atoms with E-state index in [2.05, 4.69) is 10.0 Å². The Morgan fingerprint density at radius 2 is 1.33 bits per heavy atom. The summed E-state index contributed by atoms with van der Waals surface area (Å²) >= 11 is 0. The van der Waals surface area contributed by atoms with E-state index in [-0.39, 0.29) is 15.4 Å². The van der Waals surface area contributed by atoms with Gasteiger partial charge in [0, 0.05) is 30.0 Å². The number of nitrogens with one attached hydrogen (secondary N) is 2. The third-order valence-corrected chi connectivity index (χ3v) is 9.54. The zero-order valence-corrected chi connectivity index (χ0v) is 22.6. The first-order chi connectivity index (χ1) is 16.9. The topological polar surface area (TPSA) is 113 Å². The minimum Gasteiger partial charge on any atom is -0.322 e. The van der Waals surface area contributed by atoms with Crippen molar-refractivity contribution in [2.75, 3.05) is 23.1 Å². The molecule has 1 amide bonds. The summed E-state index contributed by atoms with van der Waals surface area (Å²) in [5.74, 6) is -0.517. The second-order valence-electron chi connectivity index (χ2n) is 8.45. The minimum absolute atomic E-state index is 0.00552. The predicted molar refractivity (Wildman–Crippen MR) is 142 cm³/mol. The number of carbonyl (C=O) groups excluding carboxylic acids is 1. The zero-order valence-electron chi connectivity index (χ0n) is 21.0. The van der Waals surface area contributed by atoms with Crippen molar-refractivity contribution in [2.45, 2.75) is 44.4 Å². The minimum atomic E-state index is -3.94. The molecule has 0 aliphatic carbocycles. The molecule has 2 N–H and O–H groups in total. The first-order valence-corrected chi connectivity index (χ1v) is 14.4. The molecule has 0 fully saturated rings. The highest BCUT2D eigenvalue weighted by Gasteiger charge is 2.22. The normalized spacial score (nSPS) is 11.9. The van der Waals surface area contributed by atoms with E-state index in [1.807, 2.05) is 19.9 Å². The molecule has 36 heavy (non-hydrogen) atoms. The summed E-state index contributed by atoms with van der Waals surface area (Å²) in [6.45, 7) is 9.74. The maximum absolute atomic E-state index is 13.1. The van der Waals surface area contributed by atoms with Crippen LogP contribution in [0.1, 0.15) is 40.9 Å². The van der Waals surface area contributed by atoms with E-state index in [0.29, 0.717) is 30.0 Å². The lowest BCUT2D eigenvalue weighted by Gasteiger charge is -2.18. The van der Waals surface area contributed by atoms with Crippen molar-refractivity contribution in [3.8, 4) is 0 Å². The number of hydrogen-bond acceptors (Lipinski definition) is 5. The van der Waals surface area contributed by atoms with Gasteiger partial charge in [-0.05, 0) is 86.0 Å². The quantitative estimate of drug-likeness (QED) is 0.417. The summed E-state index contributed by atoms with van der Waals surface area (Å²) < 4.78 is 55.4. The van der Waals surface area contributed by atoms with E-state index < -0.39 is 26.0 Å². The summed E-state index contributed by atoms with van der Waals surface area (Å²) in [6.07, 6.45) is 0. The molecular weight excluding hydrogens is 498 g/mol. The van der Waals surface area contributed by atoms with Gasteiger partial charge in [-0.1, -0.05) is 26.0 Å². The molecule has 8 nitrogen and oxygen atoms in total. The van der Waals surface area contributed by atoms with E-state index in [0.717, 1.165) is 11.1 Å². The number of aryl methyl sites for hydroxylation is 3. The molecule has 10 heteroatoms. The number of amides is 1. The van der Waals surface area contributed by atoms with Crippen LogP contribution in [0.5, 0.6) is 0 Å². The fourth-order valence-electron chi connectivity index (χ4n) is 3.67. The van der Waals surface area contributed by atoms with Crippen LogP contribution in [0.15, 0.2) is 70.5 Å². The molecular formula is C26H31N3O5S2. The van der Waals surface area contributed by atoms with Gasteiger partial charge in [0.2, 0.25) is 10.0 Å². The van der Waals surface area contributed by atoms with Gasteiger partial charge in [0.05, 0.1) is 9.79 Å². The Balaban J connectivity index is 1.82. The van der Waals surface area contributed by atoms with Crippen molar-refractivity contribution in [2.24, 2.45) is 0 Å². The lowest BCUT2D eigenvalue weighted by molar-refractivity contribution is 0.102. The molecule has 0 saturated carbocycles. The number of rotatable bonds is 9. The van der Waals surface area contributed by atoms with Crippen LogP contribution in [0, 0.1) is 20.8 Å². The van der Waals surface area contributed by atoms with Gasteiger partial charge in [-0.3, -0.25) is 9.52 Å². The van der Waals surface area contributed by atoms with E-state index in [1.165, 1.54) is 34.6 Å². The molecule has 0 aliphatic rings. The number of nitrogens with zero attached hydrogens (tertiary/aromatic N) is 1. The highest BCUT2D eigenvalue weighted by atomic mass is 32.2. The summed E-state index contributed by atoms with van der Waals surface area (Å²) in [6, 6.07) is 15.6. The van der Waals surface area contributed by atoms with Crippen molar-refractivity contribution < 1.29 is 21.6 Å². The Morgan fingerprint density at radius 3 is 1.92 bits per heavy atom. The number of carbonyl (C=O) groups is 1. The summed E-state index contributed by atoms with van der Waals surface area (Å²) in [4.78, 5) is 13.0. The highest BCUT2D eigenvalue weighted by Crippen LogP contribution is 2.24. The molecule has 0 heterocycles. The van der Waals surface area contributed by atoms with Crippen molar-refractivity contribution in [3.63, 3.8) is 0 Å². The van der Waals surface area contributed by atoms with Crippen LogP contribution in [0.3, 0.4) is 0 Å². The largest absolute Gasteiger partial charge is 0.322 e. The second-order valence-corrected chi connectivity index (χ2v) is 12.0. The van der Waals surface area contributed by atoms with Gasteiger partial charge in [0.1, 0.15) is 0 Å². The molecule has 0 saturated heterocycles. The third-order valence-electron chi connectivity index (χ3n) is 5.95. The standard InChI is InChI=1S/C26H31N3O5S2/c1-6-29(7-2)36(33,34)24-14-12-22(13-15-24)27-26(30)21-10-8-19(4)25(17-21)35(31,32)28-23-11-9-18(3)20(5)16-23/h8-17,28H,6-7H2,1-5H3,(H,27,30). The average molecular weight is 530 g/mol. The fraction of sp³-hybridized carbons (Fsp3) is 0.269. The van der Waals surface area contributed by atoms with E-state index in [4.69, 9.17) is 0 Å². The highest BCUT2D eigenvalue weighted by molar-refractivity contribution is 7.92. The Hall–Kier alpha value is -3.21. The number of benzene rings is 3. The molecule has 192 valence electrons. The Morgan fingerprint density at radius 1 is 0.750 bits per heavy atom. The van der Waals surface area contributed by atoms with Crippen LogP contribution >= 0.6 is 0 Å². The molecule has 3 rings (SSSR count). The van der Waals surface area contributed by atoms with Crippen molar-refractivity contribution in [1.29, 1.82) is 0 Å². The Labute approximate surface area is 213 Å². The van der Waals surface area contributed by atoms with Crippen LogP contribution in [-0.4, -0.2) is 40.1 Å². The van der Waals surface area contributed by atoms with Crippen LogP contribution < -0.4 is 10.0 Å². The number of hydrogen-bond donors (Lipinski definition) is 2. The van der Waals surface area contributed by atoms with Gasteiger partial charge in [-0.25, -0.2) is 16.8 Å². The van der Waals surface area contributed by atoms with E-state index in [9.17, 15) is 21.6 Å². The molecule has 3 aromatic carbocycles. The maximum atomic E-state index is 13.1. The summed E-state index contributed by atoms with van der Waals surface area (Å²) in [5.41, 5.74) is 3.47. The van der Waals surface area contributed by atoms with Crippen LogP contribution in [0.25, 0.3) is 0 Å². The molecule has 0 unspecified atom stereocenters. The van der Waals surface area contributed by atoms with Crippen molar-refractivity contribution in [3.05, 3.63) is 82.9 Å². The number of sulfonamides is 2. The van der Waals surface area contributed by atoms with Crippen molar-refractivity contribution >= 4 is 37.3 Å². The first-order valence-electron chi connectivity index (χ1n) is 11.5. The molecule has 0 spiro atoms. The number of anilines is 2. The second kappa shape index (κ2) is 10.8. The first kappa shape index (κ1) is 27.4. The maximum Gasteiger partial charge on any atom is 0.262 e. The van der Waals surface area contributed by atoms with Gasteiger partial charge in [0.15, 0.2) is 0 Å². The molecule has 0 bridgehead atoms. The molecule has 0 aliphatic heterocycles. The fourth-order valence-corrected chi connectivity index (χ4v) is 6.45. The van der Waals surface area contributed by atoms with Crippen molar-refractivity contribution in [1.82, 2.24) is 4.31 Å². The molecule has 0 radical (unpaired) electrons. The van der Waals surface area contributed by atoms with Gasteiger partial charge >= 0.3 is 0 Å². The van der Waals surface area contributed by atoms with E-state index in [1.54, 1.807) is 45.0 Å². The zero-order chi connectivity index (χ0) is 26.7. The summed E-state index contributed by atoms with van der Waals surface area (Å²) in [7, 11) is -7.55. The van der Waals surface area contributed by atoms with Crippen LogP contribution in [0.4, 0.5) is 11.4 Å². The van der Waals surface area contributed by atoms with E-state index >= 15 is 0 Å². The lowest BCUT2D eigenvalue weighted by atomic mass is 10.1. The van der Waals surface area contributed by atoms with Crippen LogP contribution in [0.2, 0.25) is 0 Å². The van der Waals surface area contributed by atoms with Gasteiger partial charge in [-0.15, -0.1) is 0 Å². The predicted octanol–water partition coefficient (Wildman–Crippen LogP) is 4.70. The monoisotopic (exact) mass is 529 g/mol.